The number of nitrogens with zero attached hydrogens (tertiary/aromatic N) is 1. The van der Waals surface area contributed by atoms with Crippen molar-refractivity contribution in [2.75, 3.05) is 4.90 Å². The molecule has 0 saturated heterocycles. The summed E-state index contributed by atoms with van der Waals surface area (Å²) in [5, 5.41) is 0. The average molecular weight is 814 g/mol. The van der Waals surface area contributed by atoms with Gasteiger partial charge in [-0.15, -0.1) is 0 Å². The summed E-state index contributed by atoms with van der Waals surface area (Å²) in [6, 6.07) is 88.4. The van der Waals surface area contributed by atoms with Crippen LogP contribution in [0.25, 0.3) is 66.8 Å². The molecule has 0 N–H and O–H groups in total. The van der Waals surface area contributed by atoms with Gasteiger partial charge >= 0.3 is 0 Å². The summed E-state index contributed by atoms with van der Waals surface area (Å²) in [4.78, 5) is 2.52. The molecule has 0 radical (unpaired) electrons. The van der Waals surface area contributed by atoms with E-state index in [9.17, 15) is 0 Å². The van der Waals surface area contributed by atoms with Crippen molar-refractivity contribution in [3.8, 4) is 66.8 Å². The van der Waals surface area contributed by atoms with Crippen molar-refractivity contribution < 1.29 is 0 Å². The van der Waals surface area contributed by atoms with Crippen molar-refractivity contribution in [1.82, 2.24) is 0 Å². The molecule has 13 rings (SSSR count). The van der Waals surface area contributed by atoms with Crippen molar-refractivity contribution >= 4 is 17.1 Å². The summed E-state index contributed by atoms with van der Waals surface area (Å²) in [6.07, 6.45) is 0. The third-order valence-electron chi connectivity index (χ3n) is 14.3. The van der Waals surface area contributed by atoms with Crippen molar-refractivity contribution in [3.05, 3.63) is 270 Å². The largest absolute Gasteiger partial charge is 0.310 e. The molecule has 64 heavy (non-hydrogen) atoms. The van der Waals surface area contributed by atoms with Gasteiger partial charge in [0.1, 0.15) is 0 Å². The van der Waals surface area contributed by atoms with E-state index in [4.69, 9.17) is 0 Å². The van der Waals surface area contributed by atoms with Gasteiger partial charge in [0.05, 0.1) is 11.1 Å². The molecule has 0 bridgehead atoms. The fourth-order valence-corrected chi connectivity index (χ4v) is 11.5. The minimum Gasteiger partial charge on any atom is -0.310 e. The Morgan fingerprint density at radius 3 is 1.38 bits per heavy atom. The number of fused-ring (bicyclic) bond motifs is 13. The summed E-state index contributed by atoms with van der Waals surface area (Å²) in [5.41, 5.74) is 26.0. The van der Waals surface area contributed by atoms with E-state index in [0.29, 0.717) is 5.92 Å². The van der Waals surface area contributed by atoms with E-state index in [0.717, 1.165) is 17.1 Å². The molecule has 1 spiro atoms. The number of rotatable bonds is 6. The Bertz CT molecular complexity index is 3370. The number of hydrogen-bond donors (Lipinski definition) is 0. The van der Waals surface area contributed by atoms with Gasteiger partial charge in [-0.25, -0.2) is 0 Å². The third kappa shape index (κ3) is 5.31. The molecule has 0 fully saturated rings. The van der Waals surface area contributed by atoms with Gasteiger partial charge in [-0.05, 0) is 137 Å². The van der Waals surface area contributed by atoms with E-state index in [1.54, 1.807) is 0 Å². The first-order chi connectivity index (χ1) is 31.7. The Balaban J connectivity index is 1.10. The second kappa shape index (κ2) is 14.3. The molecule has 3 aliphatic carbocycles. The molecule has 0 heterocycles. The lowest BCUT2D eigenvalue weighted by atomic mass is 9.69. The molecule has 0 saturated carbocycles. The predicted molar refractivity (Wildman–Crippen MR) is 267 cm³/mol. The zero-order valence-electron chi connectivity index (χ0n) is 35.5. The van der Waals surface area contributed by atoms with Gasteiger partial charge in [0.15, 0.2) is 0 Å². The van der Waals surface area contributed by atoms with Crippen LogP contribution in [0.1, 0.15) is 46.2 Å². The SMILES string of the molecule is CC1c2ccccc2-c2ccc(N(c3ccc4c(c3)C3(c5ccccc5-4)c4cc(-c5ccccc5)ccc4-c4ccc(-c5ccccc5)cc43)c3ccccc3-c3ccccc3)cc21. The maximum absolute atomic E-state index is 2.53. The quantitative estimate of drug-likeness (QED) is 0.162. The predicted octanol–water partition coefficient (Wildman–Crippen LogP) is 16.6. The normalized spacial score (nSPS) is 14.3. The highest BCUT2D eigenvalue weighted by molar-refractivity contribution is 5.99. The van der Waals surface area contributed by atoms with Crippen molar-refractivity contribution in [2.45, 2.75) is 18.3 Å². The molecule has 1 heteroatoms. The van der Waals surface area contributed by atoms with Crippen molar-refractivity contribution in [1.29, 1.82) is 0 Å². The summed E-state index contributed by atoms with van der Waals surface area (Å²) in [5.74, 6) is 0.291. The van der Waals surface area contributed by atoms with Gasteiger partial charge in [0, 0.05) is 22.9 Å². The van der Waals surface area contributed by atoms with Gasteiger partial charge in [0.25, 0.3) is 0 Å². The van der Waals surface area contributed by atoms with Crippen molar-refractivity contribution in [2.24, 2.45) is 0 Å². The zero-order valence-corrected chi connectivity index (χ0v) is 35.5. The molecule has 0 amide bonds. The van der Waals surface area contributed by atoms with Crippen LogP contribution >= 0.6 is 0 Å². The van der Waals surface area contributed by atoms with Crippen LogP contribution in [0.4, 0.5) is 17.1 Å². The fourth-order valence-electron chi connectivity index (χ4n) is 11.5. The van der Waals surface area contributed by atoms with Crippen LogP contribution in [0, 0.1) is 0 Å². The highest BCUT2D eigenvalue weighted by Gasteiger charge is 2.52. The van der Waals surface area contributed by atoms with Crippen molar-refractivity contribution in [3.63, 3.8) is 0 Å². The second-order valence-corrected chi connectivity index (χ2v) is 17.6. The van der Waals surface area contributed by atoms with Gasteiger partial charge in [0.2, 0.25) is 0 Å². The van der Waals surface area contributed by atoms with Crippen LogP contribution in [0.15, 0.2) is 237 Å². The monoisotopic (exact) mass is 813 g/mol. The zero-order chi connectivity index (χ0) is 42.4. The Hall–Kier alpha value is -8.00. The van der Waals surface area contributed by atoms with E-state index in [2.05, 4.69) is 248 Å². The van der Waals surface area contributed by atoms with Crippen LogP contribution in [-0.4, -0.2) is 0 Å². The van der Waals surface area contributed by atoms with Gasteiger partial charge in [-0.2, -0.15) is 0 Å². The third-order valence-corrected chi connectivity index (χ3v) is 14.3. The minimum atomic E-state index is -0.569. The van der Waals surface area contributed by atoms with Gasteiger partial charge in [-0.1, -0.05) is 201 Å². The molecule has 10 aromatic carbocycles. The van der Waals surface area contributed by atoms with E-state index < -0.39 is 5.41 Å². The van der Waals surface area contributed by atoms with E-state index in [1.165, 1.54) is 100 Å². The first-order valence-corrected chi connectivity index (χ1v) is 22.5. The first-order valence-electron chi connectivity index (χ1n) is 22.5. The summed E-state index contributed by atoms with van der Waals surface area (Å²) in [7, 11) is 0. The standard InChI is InChI=1S/C63H43N/c1-41-49-23-11-12-25-51(49)52-35-31-47(39-57(41)52)64(62-28-16-14-24-50(62)44-21-9-4-10-22-44)48-32-36-56-53-26-13-15-27-58(53)63(61(56)40-48)59-37-45(42-17-5-2-6-18-42)29-33-54(59)55-34-30-46(38-60(55)63)43-19-7-3-8-20-43/h2-41H,1H3. The van der Waals surface area contributed by atoms with Gasteiger partial charge in [-0.3, -0.25) is 0 Å². The topological polar surface area (TPSA) is 3.24 Å². The maximum Gasteiger partial charge on any atom is 0.0726 e. The molecule has 1 atom stereocenters. The highest BCUT2D eigenvalue weighted by atomic mass is 15.1. The maximum atomic E-state index is 2.53. The lowest BCUT2D eigenvalue weighted by Crippen LogP contribution is -2.26. The number of anilines is 3. The fraction of sp³-hybridized carbons (Fsp3) is 0.0476. The van der Waals surface area contributed by atoms with Crippen LogP contribution in [0.2, 0.25) is 0 Å². The molecule has 300 valence electrons. The lowest BCUT2D eigenvalue weighted by molar-refractivity contribution is 0.794. The highest BCUT2D eigenvalue weighted by Crippen LogP contribution is 2.64. The molecule has 1 nitrogen and oxygen atoms in total. The summed E-state index contributed by atoms with van der Waals surface area (Å²) >= 11 is 0. The molecule has 10 aromatic rings. The molecule has 0 aromatic heterocycles. The molecular weight excluding hydrogens is 771 g/mol. The van der Waals surface area contributed by atoms with Crippen LogP contribution in [-0.2, 0) is 5.41 Å². The molecule has 0 aliphatic heterocycles. The lowest BCUT2D eigenvalue weighted by Gasteiger charge is -2.33. The summed E-state index contributed by atoms with van der Waals surface area (Å²) < 4.78 is 0. The van der Waals surface area contributed by atoms with Crippen LogP contribution in [0.5, 0.6) is 0 Å². The van der Waals surface area contributed by atoms with E-state index in [-0.39, 0.29) is 0 Å². The Morgan fingerprint density at radius 2 is 0.734 bits per heavy atom. The van der Waals surface area contributed by atoms with E-state index in [1.807, 2.05) is 0 Å². The van der Waals surface area contributed by atoms with Crippen LogP contribution < -0.4 is 4.90 Å². The second-order valence-electron chi connectivity index (χ2n) is 17.6. The Morgan fingerprint density at radius 1 is 0.297 bits per heavy atom. The number of benzene rings is 10. The molecule has 1 unspecified atom stereocenters. The first kappa shape index (κ1) is 36.6. The molecule has 3 aliphatic rings. The summed E-state index contributed by atoms with van der Waals surface area (Å²) in [6.45, 7) is 2.36. The minimum absolute atomic E-state index is 0.291. The Labute approximate surface area is 375 Å². The smallest absolute Gasteiger partial charge is 0.0726 e. The van der Waals surface area contributed by atoms with Crippen LogP contribution in [0.3, 0.4) is 0 Å². The average Bonchev–Trinajstić information content (AvgIpc) is 3.95. The number of para-hydroxylation sites is 1. The number of hydrogen-bond acceptors (Lipinski definition) is 1. The van der Waals surface area contributed by atoms with Gasteiger partial charge < -0.3 is 4.90 Å². The molecular formula is C63H43N. The Kier molecular flexibility index (Phi) is 8.17. The van der Waals surface area contributed by atoms with E-state index >= 15 is 0 Å².